The van der Waals surface area contributed by atoms with Gasteiger partial charge in [-0.2, -0.15) is 0 Å². The zero-order valence-electron chi connectivity index (χ0n) is 10.8. The number of hydrogen-bond acceptors (Lipinski definition) is 2. The molecule has 4 nitrogen and oxygen atoms in total. The summed E-state index contributed by atoms with van der Waals surface area (Å²) in [6.45, 7) is 4.45. The molecule has 2 atom stereocenters. The van der Waals surface area contributed by atoms with Crippen LogP contribution in [0.1, 0.15) is 20.3 Å². The minimum absolute atomic E-state index is 0. The predicted octanol–water partition coefficient (Wildman–Crippen LogP) is 2.44. The first-order valence-electron chi connectivity index (χ1n) is 5.88. The maximum absolute atomic E-state index is 9.23. The number of halogens is 1. The fourth-order valence-electron chi connectivity index (χ4n) is 1.62. The van der Waals surface area contributed by atoms with Crippen molar-refractivity contribution in [2.24, 2.45) is 16.6 Å². The standard InChI is InChI=1S/C13H21N3O.HI/c1-10(8-11(2)17)9-15-13(14)16-12-6-4-3-5-7-12;/h3-7,10-11,17H,8-9H2,1-2H3,(H3,14,15,16);1H. The van der Waals surface area contributed by atoms with E-state index in [0.717, 1.165) is 12.1 Å². The topological polar surface area (TPSA) is 70.6 Å². The summed E-state index contributed by atoms with van der Waals surface area (Å²) in [6.07, 6.45) is 0.450. The molecule has 0 saturated heterocycles. The maximum Gasteiger partial charge on any atom is 0.193 e. The van der Waals surface area contributed by atoms with Crippen LogP contribution < -0.4 is 11.1 Å². The van der Waals surface area contributed by atoms with Crippen LogP contribution in [-0.2, 0) is 0 Å². The molecule has 0 radical (unpaired) electrons. The Hall–Kier alpha value is -0.820. The average molecular weight is 363 g/mol. The smallest absolute Gasteiger partial charge is 0.193 e. The molecule has 0 aliphatic rings. The molecule has 0 bridgehead atoms. The first-order valence-corrected chi connectivity index (χ1v) is 5.88. The summed E-state index contributed by atoms with van der Waals surface area (Å²) in [5.74, 6) is 0.736. The molecule has 0 fully saturated rings. The van der Waals surface area contributed by atoms with Crippen molar-refractivity contribution >= 4 is 35.6 Å². The van der Waals surface area contributed by atoms with E-state index in [1.807, 2.05) is 37.3 Å². The van der Waals surface area contributed by atoms with E-state index in [4.69, 9.17) is 5.73 Å². The minimum Gasteiger partial charge on any atom is -0.393 e. The van der Waals surface area contributed by atoms with E-state index in [1.54, 1.807) is 6.92 Å². The summed E-state index contributed by atoms with van der Waals surface area (Å²) < 4.78 is 0. The van der Waals surface area contributed by atoms with Crippen molar-refractivity contribution in [3.8, 4) is 0 Å². The predicted molar refractivity (Wildman–Crippen MR) is 87.4 cm³/mol. The molecule has 0 amide bonds. The zero-order valence-corrected chi connectivity index (χ0v) is 13.2. The summed E-state index contributed by atoms with van der Waals surface area (Å²) in [5, 5.41) is 12.2. The van der Waals surface area contributed by atoms with Gasteiger partial charge in [0.15, 0.2) is 5.96 Å². The van der Waals surface area contributed by atoms with Gasteiger partial charge in [-0.15, -0.1) is 24.0 Å². The van der Waals surface area contributed by atoms with Crippen molar-refractivity contribution in [3.63, 3.8) is 0 Å². The number of nitrogens with one attached hydrogen (secondary N) is 1. The number of para-hydroxylation sites is 1. The van der Waals surface area contributed by atoms with Gasteiger partial charge in [-0.1, -0.05) is 25.1 Å². The first-order chi connectivity index (χ1) is 8.08. The summed E-state index contributed by atoms with van der Waals surface area (Å²) in [5.41, 5.74) is 6.69. The molecule has 18 heavy (non-hydrogen) atoms. The molecule has 4 N–H and O–H groups in total. The number of aliphatic hydroxyl groups excluding tert-OH is 1. The highest BCUT2D eigenvalue weighted by atomic mass is 127. The second kappa shape index (κ2) is 9.16. The second-order valence-corrected chi connectivity index (χ2v) is 4.41. The Morgan fingerprint density at radius 3 is 2.50 bits per heavy atom. The van der Waals surface area contributed by atoms with Crippen LogP contribution >= 0.6 is 24.0 Å². The van der Waals surface area contributed by atoms with Crippen LogP contribution in [0.5, 0.6) is 0 Å². The number of aliphatic hydroxyl groups is 1. The number of aliphatic imine (C=N–C) groups is 1. The summed E-state index contributed by atoms with van der Waals surface area (Å²) in [7, 11) is 0. The molecule has 0 saturated carbocycles. The lowest BCUT2D eigenvalue weighted by atomic mass is 10.1. The summed E-state index contributed by atoms with van der Waals surface area (Å²) in [6, 6.07) is 9.68. The van der Waals surface area contributed by atoms with Crippen LogP contribution in [0.25, 0.3) is 0 Å². The van der Waals surface area contributed by atoms with Gasteiger partial charge >= 0.3 is 0 Å². The number of rotatable bonds is 5. The van der Waals surface area contributed by atoms with Gasteiger partial charge in [-0.3, -0.25) is 4.99 Å². The van der Waals surface area contributed by atoms with Crippen LogP contribution in [0.3, 0.4) is 0 Å². The Morgan fingerprint density at radius 2 is 1.94 bits per heavy atom. The van der Waals surface area contributed by atoms with Crippen molar-refractivity contribution < 1.29 is 5.11 Å². The quantitative estimate of drug-likeness (QED) is 0.428. The Kier molecular flexibility index (Phi) is 8.74. The van der Waals surface area contributed by atoms with Crippen molar-refractivity contribution in [3.05, 3.63) is 30.3 Å². The summed E-state index contributed by atoms with van der Waals surface area (Å²) >= 11 is 0. The average Bonchev–Trinajstić information content (AvgIpc) is 2.27. The fraction of sp³-hybridized carbons (Fsp3) is 0.462. The molecule has 0 aliphatic heterocycles. The number of nitrogens with zero attached hydrogens (tertiary/aromatic N) is 1. The number of benzene rings is 1. The van der Waals surface area contributed by atoms with Crippen molar-refractivity contribution in [1.29, 1.82) is 0 Å². The third-order valence-corrected chi connectivity index (χ3v) is 2.36. The van der Waals surface area contributed by atoms with Gasteiger partial charge in [0.25, 0.3) is 0 Å². The number of nitrogens with two attached hydrogens (primary N) is 1. The van der Waals surface area contributed by atoms with E-state index >= 15 is 0 Å². The molecule has 0 heterocycles. The number of guanidine groups is 1. The Labute approximate surface area is 126 Å². The normalized spacial score (nSPS) is 14.5. The lowest BCUT2D eigenvalue weighted by Gasteiger charge is -2.11. The monoisotopic (exact) mass is 363 g/mol. The zero-order chi connectivity index (χ0) is 12.7. The molecule has 2 unspecified atom stereocenters. The Morgan fingerprint density at radius 1 is 1.33 bits per heavy atom. The summed E-state index contributed by atoms with van der Waals surface area (Å²) in [4.78, 5) is 4.24. The van der Waals surface area contributed by atoms with Gasteiger partial charge in [-0.25, -0.2) is 0 Å². The van der Waals surface area contributed by atoms with E-state index in [1.165, 1.54) is 0 Å². The van der Waals surface area contributed by atoms with E-state index in [2.05, 4.69) is 10.3 Å². The highest BCUT2D eigenvalue weighted by molar-refractivity contribution is 14.0. The third kappa shape index (κ3) is 7.50. The molecule has 0 aliphatic carbocycles. The second-order valence-electron chi connectivity index (χ2n) is 4.41. The van der Waals surface area contributed by atoms with Crippen molar-refractivity contribution in [1.82, 2.24) is 0 Å². The van der Waals surface area contributed by atoms with Crippen LogP contribution in [0.15, 0.2) is 35.3 Å². The molecule has 1 aromatic carbocycles. The van der Waals surface area contributed by atoms with E-state index in [9.17, 15) is 5.11 Å². The molecular weight excluding hydrogens is 341 g/mol. The van der Waals surface area contributed by atoms with Gasteiger partial charge in [0.2, 0.25) is 0 Å². The molecule has 102 valence electrons. The van der Waals surface area contributed by atoms with Crippen LogP contribution in [0.2, 0.25) is 0 Å². The molecular formula is C13H22IN3O. The highest BCUT2D eigenvalue weighted by Gasteiger charge is 2.05. The van der Waals surface area contributed by atoms with Crippen molar-refractivity contribution in [2.75, 3.05) is 11.9 Å². The third-order valence-electron chi connectivity index (χ3n) is 2.36. The van der Waals surface area contributed by atoms with E-state index in [0.29, 0.717) is 18.4 Å². The molecule has 5 heteroatoms. The van der Waals surface area contributed by atoms with Crippen LogP contribution in [0.4, 0.5) is 5.69 Å². The van der Waals surface area contributed by atoms with Gasteiger partial charge in [0.05, 0.1) is 6.10 Å². The molecule has 0 spiro atoms. The van der Waals surface area contributed by atoms with Crippen molar-refractivity contribution in [2.45, 2.75) is 26.4 Å². The maximum atomic E-state index is 9.23. The minimum atomic E-state index is -0.288. The van der Waals surface area contributed by atoms with E-state index < -0.39 is 0 Å². The number of hydrogen-bond donors (Lipinski definition) is 3. The van der Waals surface area contributed by atoms with Gasteiger partial charge in [0.1, 0.15) is 0 Å². The fourth-order valence-corrected chi connectivity index (χ4v) is 1.62. The first kappa shape index (κ1) is 17.2. The van der Waals surface area contributed by atoms with Gasteiger partial charge < -0.3 is 16.2 Å². The SMILES string of the molecule is CC(O)CC(C)CN=C(N)Nc1ccccc1.I. The van der Waals surface area contributed by atoms with Crippen LogP contribution in [0, 0.1) is 5.92 Å². The highest BCUT2D eigenvalue weighted by Crippen LogP contribution is 2.07. The largest absolute Gasteiger partial charge is 0.393 e. The number of anilines is 1. The molecule has 1 aromatic rings. The van der Waals surface area contributed by atoms with Crippen LogP contribution in [-0.4, -0.2) is 23.7 Å². The Balaban J connectivity index is 0.00000289. The molecule has 0 aromatic heterocycles. The van der Waals surface area contributed by atoms with E-state index in [-0.39, 0.29) is 30.1 Å². The van der Waals surface area contributed by atoms with Gasteiger partial charge in [-0.05, 0) is 31.4 Å². The molecule has 1 rings (SSSR count). The Bertz CT molecular complexity index is 355. The lowest BCUT2D eigenvalue weighted by Crippen LogP contribution is -2.24. The van der Waals surface area contributed by atoms with Gasteiger partial charge in [0, 0.05) is 12.2 Å². The lowest BCUT2D eigenvalue weighted by molar-refractivity contribution is 0.166.